The van der Waals surface area contributed by atoms with E-state index in [9.17, 15) is 5.11 Å². The number of aromatic hydroxyl groups is 1. The maximum atomic E-state index is 10.1. The van der Waals surface area contributed by atoms with Crippen molar-refractivity contribution in [2.75, 3.05) is 13.6 Å². The number of likely N-dealkylation sites (N-methyl/N-ethyl adjacent to an activating group) is 1. The van der Waals surface area contributed by atoms with E-state index >= 15 is 0 Å². The zero-order chi connectivity index (χ0) is 17.2. The molecule has 2 aliphatic rings. The second-order valence-electron chi connectivity index (χ2n) is 8.46. The lowest BCUT2D eigenvalue weighted by Gasteiger charge is -2.52. The topological polar surface area (TPSA) is 23.5 Å². The van der Waals surface area contributed by atoms with Crippen molar-refractivity contribution in [3.05, 3.63) is 29.3 Å². The zero-order valence-corrected chi connectivity index (χ0v) is 15.9. The number of hydrogen-bond donors (Lipinski definition) is 1. The molecule has 1 fully saturated rings. The van der Waals surface area contributed by atoms with Gasteiger partial charge < -0.3 is 10.0 Å². The average Bonchev–Trinajstić information content (AvgIpc) is 2.54. The van der Waals surface area contributed by atoms with Crippen molar-refractivity contribution in [1.29, 1.82) is 0 Å². The fraction of sp³-hybridized carbons (Fsp3) is 0.727. The van der Waals surface area contributed by atoms with Crippen LogP contribution in [0.1, 0.15) is 76.3 Å². The third-order valence-electron chi connectivity index (χ3n) is 6.65. The van der Waals surface area contributed by atoms with Gasteiger partial charge in [0.05, 0.1) is 0 Å². The summed E-state index contributed by atoms with van der Waals surface area (Å²) in [5.41, 5.74) is 3.09. The van der Waals surface area contributed by atoms with Crippen molar-refractivity contribution in [2.24, 2.45) is 5.92 Å². The fourth-order valence-electron chi connectivity index (χ4n) is 5.56. The molecule has 0 heterocycles. The molecule has 1 aromatic rings. The summed E-state index contributed by atoms with van der Waals surface area (Å²) < 4.78 is 0. The molecule has 2 heteroatoms. The van der Waals surface area contributed by atoms with Crippen LogP contribution in [0.5, 0.6) is 5.75 Å². The number of rotatable bonds is 5. The fourth-order valence-corrected chi connectivity index (χ4v) is 5.56. The van der Waals surface area contributed by atoms with E-state index in [1.807, 2.05) is 6.07 Å². The summed E-state index contributed by atoms with van der Waals surface area (Å²) in [6.07, 6.45) is 11.8. The molecule has 2 aliphatic carbocycles. The second kappa shape index (κ2) is 7.47. The highest BCUT2D eigenvalue weighted by atomic mass is 16.3. The van der Waals surface area contributed by atoms with Gasteiger partial charge in [-0.15, -0.1) is 0 Å². The maximum Gasteiger partial charge on any atom is 0.115 e. The Kier molecular flexibility index (Phi) is 5.54. The highest BCUT2D eigenvalue weighted by molar-refractivity contribution is 5.44. The van der Waals surface area contributed by atoms with E-state index in [1.165, 1.54) is 75.5 Å². The largest absolute Gasteiger partial charge is 0.508 e. The van der Waals surface area contributed by atoms with E-state index in [1.54, 1.807) is 0 Å². The van der Waals surface area contributed by atoms with Crippen LogP contribution in [-0.2, 0) is 11.8 Å². The van der Waals surface area contributed by atoms with Gasteiger partial charge in [0.2, 0.25) is 0 Å². The minimum Gasteiger partial charge on any atom is -0.508 e. The molecular weight excluding hydrogens is 294 g/mol. The summed E-state index contributed by atoms with van der Waals surface area (Å²) in [5.74, 6) is 1.20. The van der Waals surface area contributed by atoms with Crippen LogP contribution in [0.4, 0.5) is 0 Å². The molecule has 0 aliphatic heterocycles. The molecule has 0 unspecified atom stereocenters. The summed E-state index contributed by atoms with van der Waals surface area (Å²) in [6, 6.07) is 6.75. The van der Waals surface area contributed by atoms with Crippen molar-refractivity contribution in [3.8, 4) is 5.75 Å². The molecule has 24 heavy (non-hydrogen) atoms. The van der Waals surface area contributed by atoms with Crippen LogP contribution in [0.25, 0.3) is 0 Å². The van der Waals surface area contributed by atoms with Gasteiger partial charge in [-0.3, -0.25) is 0 Å². The normalized spacial score (nSPS) is 29.8. The van der Waals surface area contributed by atoms with Gasteiger partial charge in [-0.25, -0.2) is 0 Å². The first-order chi connectivity index (χ1) is 11.6. The molecule has 3 atom stereocenters. The highest BCUT2D eigenvalue weighted by Gasteiger charge is 2.47. The first kappa shape index (κ1) is 17.8. The number of unbranched alkanes of at least 4 members (excludes halogenated alkanes) is 2. The lowest BCUT2D eigenvalue weighted by atomic mass is 9.59. The van der Waals surface area contributed by atoms with Gasteiger partial charge in [-0.2, -0.15) is 0 Å². The lowest BCUT2D eigenvalue weighted by Crippen LogP contribution is -2.56. The Morgan fingerprint density at radius 1 is 1.21 bits per heavy atom. The van der Waals surface area contributed by atoms with Gasteiger partial charge in [0.25, 0.3) is 0 Å². The van der Waals surface area contributed by atoms with Gasteiger partial charge in [0.15, 0.2) is 0 Å². The van der Waals surface area contributed by atoms with Crippen molar-refractivity contribution in [3.63, 3.8) is 0 Å². The summed E-state index contributed by atoms with van der Waals surface area (Å²) in [4.78, 5) is 2.67. The van der Waals surface area contributed by atoms with Crippen LogP contribution in [0.3, 0.4) is 0 Å². The number of phenolic OH excluding ortho intramolecular Hbond substituents is 1. The van der Waals surface area contributed by atoms with Crippen LogP contribution in [-0.4, -0.2) is 29.6 Å². The SMILES string of the molecule is CCCCCN(C)[C@H]1[C@H]2CCCCC[C@]1(C)c1cc(O)ccc1C2. The Bertz CT molecular complexity index is 555. The molecule has 0 radical (unpaired) electrons. The molecule has 0 spiro atoms. The number of benzene rings is 1. The molecule has 1 saturated carbocycles. The van der Waals surface area contributed by atoms with E-state index in [2.05, 4.69) is 37.9 Å². The van der Waals surface area contributed by atoms with E-state index < -0.39 is 0 Å². The molecule has 1 aromatic carbocycles. The maximum absolute atomic E-state index is 10.1. The Labute approximate surface area is 148 Å². The molecule has 1 N–H and O–H groups in total. The lowest BCUT2D eigenvalue weighted by molar-refractivity contribution is 0.0631. The number of hydrogen-bond acceptors (Lipinski definition) is 2. The third kappa shape index (κ3) is 3.35. The molecule has 0 saturated heterocycles. The molecule has 2 nitrogen and oxygen atoms in total. The standard InChI is InChI=1S/C22H35NO/c1-4-5-9-14-23(3)21-18-10-7-6-8-13-22(21,2)20-16-19(24)12-11-17(20)15-18/h11-12,16,18,21,24H,4-10,13-15H2,1-3H3/t18-,21-,22+/m0/s1. The van der Waals surface area contributed by atoms with Gasteiger partial charge in [0.1, 0.15) is 5.75 Å². The van der Waals surface area contributed by atoms with Crippen LogP contribution < -0.4 is 0 Å². The quantitative estimate of drug-likeness (QED) is 0.743. The van der Waals surface area contributed by atoms with E-state index in [0.29, 0.717) is 11.8 Å². The third-order valence-corrected chi connectivity index (χ3v) is 6.65. The van der Waals surface area contributed by atoms with Crippen molar-refractivity contribution in [1.82, 2.24) is 4.90 Å². The van der Waals surface area contributed by atoms with Crippen molar-refractivity contribution >= 4 is 0 Å². The summed E-state index contributed by atoms with van der Waals surface area (Å²) in [7, 11) is 2.35. The van der Waals surface area contributed by atoms with Gasteiger partial charge in [-0.1, -0.05) is 52.0 Å². The Balaban J connectivity index is 1.96. The van der Waals surface area contributed by atoms with Gasteiger partial charge in [-0.05, 0) is 68.5 Å². The number of nitrogens with zero attached hydrogens (tertiary/aromatic N) is 1. The van der Waals surface area contributed by atoms with E-state index in [0.717, 1.165) is 5.92 Å². The van der Waals surface area contributed by atoms with Crippen molar-refractivity contribution < 1.29 is 5.11 Å². The summed E-state index contributed by atoms with van der Waals surface area (Å²) in [6.45, 7) is 5.97. The van der Waals surface area contributed by atoms with Crippen LogP contribution >= 0.6 is 0 Å². The van der Waals surface area contributed by atoms with Gasteiger partial charge >= 0.3 is 0 Å². The predicted molar refractivity (Wildman–Crippen MR) is 102 cm³/mol. The average molecular weight is 330 g/mol. The van der Waals surface area contributed by atoms with Crippen molar-refractivity contribution in [2.45, 2.75) is 83.1 Å². The number of fused-ring (bicyclic) bond motifs is 4. The monoisotopic (exact) mass is 329 g/mol. The molecule has 0 aromatic heterocycles. The molecule has 0 amide bonds. The minimum absolute atomic E-state index is 0.179. The van der Waals surface area contributed by atoms with E-state index in [4.69, 9.17) is 0 Å². The second-order valence-corrected chi connectivity index (χ2v) is 8.46. The number of phenols is 1. The summed E-state index contributed by atoms with van der Waals surface area (Å²) >= 11 is 0. The first-order valence-electron chi connectivity index (χ1n) is 10.1. The molecule has 134 valence electrons. The Morgan fingerprint density at radius 2 is 2.04 bits per heavy atom. The Hall–Kier alpha value is -1.02. The van der Waals surface area contributed by atoms with Crippen LogP contribution in [0, 0.1) is 5.92 Å². The van der Waals surface area contributed by atoms with Crippen LogP contribution in [0.15, 0.2) is 18.2 Å². The first-order valence-corrected chi connectivity index (χ1v) is 10.1. The van der Waals surface area contributed by atoms with Crippen LogP contribution in [0.2, 0.25) is 0 Å². The van der Waals surface area contributed by atoms with E-state index in [-0.39, 0.29) is 5.41 Å². The molecular formula is C22H35NO. The highest BCUT2D eigenvalue weighted by Crippen LogP contribution is 2.49. The molecule has 2 bridgehead atoms. The summed E-state index contributed by atoms with van der Waals surface area (Å²) in [5, 5.41) is 10.1. The Morgan fingerprint density at radius 3 is 2.83 bits per heavy atom. The molecule has 3 rings (SSSR count). The minimum atomic E-state index is 0.179. The van der Waals surface area contributed by atoms with Gasteiger partial charge in [0, 0.05) is 11.5 Å². The zero-order valence-electron chi connectivity index (χ0n) is 15.9. The predicted octanol–water partition coefficient (Wildman–Crippen LogP) is 5.28. The smallest absolute Gasteiger partial charge is 0.115 e.